The summed E-state index contributed by atoms with van der Waals surface area (Å²) in [6, 6.07) is 0. The van der Waals surface area contributed by atoms with Gasteiger partial charge in [-0.05, 0) is 43.4 Å². The molecule has 99 heavy (non-hydrogen) atoms. The number of unbranched alkanes of at least 4 members (excludes halogenated alkanes) is 46. The lowest BCUT2D eigenvalue weighted by Gasteiger charge is -2.21. The molecule has 2 unspecified atom stereocenters. The van der Waals surface area contributed by atoms with E-state index in [0.717, 1.165) is 108 Å². The van der Waals surface area contributed by atoms with Crippen LogP contribution >= 0.6 is 15.6 Å². The van der Waals surface area contributed by atoms with Crippen molar-refractivity contribution in [3.8, 4) is 0 Å². The largest absolute Gasteiger partial charge is 0.472 e. The highest BCUT2D eigenvalue weighted by molar-refractivity contribution is 7.47. The molecule has 0 aromatic carbocycles. The predicted octanol–water partition coefficient (Wildman–Crippen LogP) is 23.7. The molecule has 0 aliphatic rings. The summed E-state index contributed by atoms with van der Waals surface area (Å²) in [6.45, 7) is 12.0. The molecule has 0 bridgehead atoms. The molecule has 0 aromatic rings. The quantitative estimate of drug-likeness (QED) is 0.0222. The van der Waals surface area contributed by atoms with Gasteiger partial charge in [0.2, 0.25) is 0 Å². The first kappa shape index (κ1) is 97.1. The molecule has 0 radical (unpaired) electrons. The summed E-state index contributed by atoms with van der Waals surface area (Å²) >= 11 is 0. The van der Waals surface area contributed by atoms with Crippen molar-refractivity contribution in [2.75, 3.05) is 39.6 Å². The molecule has 588 valence electrons. The van der Waals surface area contributed by atoms with Crippen molar-refractivity contribution >= 4 is 39.5 Å². The zero-order chi connectivity index (χ0) is 73.0. The summed E-state index contributed by atoms with van der Waals surface area (Å²) in [5.41, 5.74) is 0. The SMILES string of the molecule is CCCCCCCCCCCC(=O)OC[C@H](COP(=O)(O)OC[C@H](O)COP(=O)(O)OC[C@@H](COC(=O)CCCCCCCCCCCCCCCC(C)C)OC(=O)CCCCCCCCCCCCCCCCCCC(C)C)OC(=O)CCCCCCCCCCCCCCC(C)C. The fourth-order valence-electron chi connectivity index (χ4n) is 12.3. The first-order valence-electron chi connectivity index (χ1n) is 41.3. The van der Waals surface area contributed by atoms with Crippen molar-refractivity contribution in [1.29, 1.82) is 0 Å². The van der Waals surface area contributed by atoms with Gasteiger partial charge in [0.1, 0.15) is 19.3 Å². The van der Waals surface area contributed by atoms with Crippen LogP contribution in [0, 0.1) is 17.8 Å². The molecule has 0 saturated carbocycles. The van der Waals surface area contributed by atoms with Crippen molar-refractivity contribution < 1.29 is 80.2 Å². The van der Waals surface area contributed by atoms with Gasteiger partial charge in [-0.2, -0.15) is 0 Å². The van der Waals surface area contributed by atoms with Crippen LogP contribution in [0.3, 0.4) is 0 Å². The number of hydrogen-bond donors (Lipinski definition) is 3. The Bertz CT molecular complexity index is 1920. The van der Waals surface area contributed by atoms with E-state index in [4.69, 9.17) is 37.0 Å². The van der Waals surface area contributed by atoms with Crippen molar-refractivity contribution in [3.63, 3.8) is 0 Å². The maximum Gasteiger partial charge on any atom is 0.472 e. The number of rotatable bonds is 78. The Morgan fingerprint density at radius 2 is 0.465 bits per heavy atom. The number of aliphatic hydroxyl groups is 1. The summed E-state index contributed by atoms with van der Waals surface area (Å²) in [5.74, 6) is 0.265. The zero-order valence-corrected chi connectivity index (χ0v) is 66.8. The molecule has 17 nitrogen and oxygen atoms in total. The van der Waals surface area contributed by atoms with Gasteiger partial charge in [0.25, 0.3) is 0 Å². The zero-order valence-electron chi connectivity index (χ0n) is 65.0. The highest BCUT2D eigenvalue weighted by Crippen LogP contribution is 2.45. The molecule has 0 amide bonds. The van der Waals surface area contributed by atoms with Crippen LogP contribution in [0.25, 0.3) is 0 Å². The topological polar surface area (TPSA) is 237 Å². The average molecular weight is 1450 g/mol. The number of carbonyl (C=O) groups is 4. The number of aliphatic hydroxyl groups excluding tert-OH is 1. The van der Waals surface area contributed by atoms with E-state index < -0.39 is 97.5 Å². The summed E-state index contributed by atoms with van der Waals surface area (Å²) in [5, 5.41) is 10.6. The Kier molecular flexibility index (Phi) is 69.0. The van der Waals surface area contributed by atoms with Gasteiger partial charge in [-0.1, -0.05) is 363 Å². The van der Waals surface area contributed by atoms with Crippen LogP contribution < -0.4 is 0 Å². The van der Waals surface area contributed by atoms with Crippen molar-refractivity contribution in [2.45, 2.75) is 433 Å². The highest BCUT2D eigenvalue weighted by atomic mass is 31.2. The number of carbonyl (C=O) groups excluding carboxylic acids is 4. The van der Waals surface area contributed by atoms with E-state index in [9.17, 15) is 43.2 Å². The molecule has 19 heteroatoms. The smallest absolute Gasteiger partial charge is 0.462 e. The molecule has 0 fully saturated rings. The minimum Gasteiger partial charge on any atom is -0.462 e. The Labute approximate surface area is 607 Å². The summed E-state index contributed by atoms with van der Waals surface area (Å²) in [4.78, 5) is 72.9. The minimum atomic E-state index is -4.96. The lowest BCUT2D eigenvalue weighted by atomic mass is 10.0. The van der Waals surface area contributed by atoms with Crippen LogP contribution in [0.15, 0.2) is 0 Å². The Hall–Kier alpha value is -1.94. The molecule has 0 aromatic heterocycles. The fourth-order valence-corrected chi connectivity index (χ4v) is 13.9. The van der Waals surface area contributed by atoms with E-state index in [1.807, 2.05) is 0 Å². The number of phosphoric acid groups is 2. The number of phosphoric ester groups is 2. The van der Waals surface area contributed by atoms with Gasteiger partial charge in [-0.3, -0.25) is 37.3 Å². The molecular weight excluding hydrogens is 1290 g/mol. The third kappa shape index (κ3) is 74.1. The van der Waals surface area contributed by atoms with Crippen LogP contribution in [0.5, 0.6) is 0 Å². The second kappa shape index (κ2) is 70.4. The minimum absolute atomic E-state index is 0.107. The molecule has 0 saturated heterocycles. The number of hydrogen-bond acceptors (Lipinski definition) is 15. The fraction of sp³-hybridized carbons (Fsp3) is 0.950. The van der Waals surface area contributed by atoms with E-state index in [2.05, 4.69) is 48.5 Å². The monoisotopic (exact) mass is 1450 g/mol. The number of esters is 4. The standard InChI is InChI=1S/C80H156O17P2/c1-8-9-10-11-12-30-40-47-54-61-77(82)90-67-75(96-80(85)64-57-50-43-36-29-23-22-26-33-39-46-53-60-73(6)7)69-94-98(86,87)92-65-74(81)66-93-99(88,89)95-70-76(68-91-78(83)62-55-48-41-34-27-21-17-19-25-32-38-45-52-59-72(4)5)97-79(84)63-56-49-42-35-28-20-16-14-13-15-18-24-31-37-44-51-58-71(2)3/h71-76,81H,8-70H2,1-7H3,(H,86,87)(H,88,89)/t74-,75+,76+/m0/s1. The van der Waals surface area contributed by atoms with Gasteiger partial charge in [-0.25, -0.2) is 9.13 Å². The second-order valence-corrected chi connectivity index (χ2v) is 33.1. The lowest BCUT2D eigenvalue weighted by molar-refractivity contribution is -0.161. The lowest BCUT2D eigenvalue weighted by Crippen LogP contribution is -2.30. The molecule has 3 N–H and O–H groups in total. The van der Waals surface area contributed by atoms with Crippen LogP contribution in [0.4, 0.5) is 0 Å². The van der Waals surface area contributed by atoms with E-state index in [0.29, 0.717) is 25.7 Å². The van der Waals surface area contributed by atoms with Gasteiger partial charge < -0.3 is 33.8 Å². The maximum atomic E-state index is 13.1. The van der Waals surface area contributed by atoms with Crippen molar-refractivity contribution in [3.05, 3.63) is 0 Å². The average Bonchev–Trinajstić information content (AvgIpc) is 0.989. The van der Waals surface area contributed by atoms with E-state index in [1.54, 1.807) is 0 Å². The van der Waals surface area contributed by atoms with Gasteiger partial charge >= 0.3 is 39.5 Å². The van der Waals surface area contributed by atoms with Crippen molar-refractivity contribution in [2.24, 2.45) is 17.8 Å². The molecule has 0 aliphatic heterocycles. The van der Waals surface area contributed by atoms with Crippen LogP contribution in [0.2, 0.25) is 0 Å². The van der Waals surface area contributed by atoms with Crippen LogP contribution in [-0.2, 0) is 65.4 Å². The Morgan fingerprint density at radius 3 is 0.687 bits per heavy atom. The summed E-state index contributed by atoms with van der Waals surface area (Å²) in [6.07, 6.45) is 58.2. The van der Waals surface area contributed by atoms with Gasteiger partial charge in [0, 0.05) is 25.7 Å². The first-order valence-corrected chi connectivity index (χ1v) is 44.3. The normalized spacial score (nSPS) is 14.0. The highest BCUT2D eigenvalue weighted by Gasteiger charge is 2.30. The van der Waals surface area contributed by atoms with E-state index >= 15 is 0 Å². The first-order chi connectivity index (χ1) is 47.7. The molecule has 5 atom stereocenters. The van der Waals surface area contributed by atoms with Gasteiger partial charge in [0.05, 0.1) is 26.4 Å². The van der Waals surface area contributed by atoms with Gasteiger partial charge in [-0.15, -0.1) is 0 Å². The Balaban J connectivity index is 5.23. The molecule has 0 spiro atoms. The predicted molar refractivity (Wildman–Crippen MR) is 405 cm³/mol. The second-order valence-electron chi connectivity index (χ2n) is 30.2. The summed E-state index contributed by atoms with van der Waals surface area (Å²) < 4.78 is 68.7. The third-order valence-corrected chi connectivity index (χ3v) is 20.5. The number of ether oxygens (including phenoxy) is 4. The van der Waals surface area contributed by atoms with E-state index in [-0.39, 0.29) is 25.7 Å². The molecule has 0 aliphatic carbocycles. The Morgan fingerprint density at radius 1 is 0.273 bits per heavy atom. The van der Waals surface area contributed by atoms with Crippen LogP contribution in [-0.4, -0.2) is 96.7 Å². The third-order valence-electron chi connectivity index (χ3n) is 18.6. The van der Waals surface area contributed by atoms with E-state index in [1.165, 1.54) is 225 Å². The maximum absolute atomic E-state index is 13.1. The van der Waals surface area contributed by atoms with Gasteiger partial charge in [0.15, 0.2) is 12.2 Å². The summed E-state index contributed by atoms with van der Waals surface area (Å²) in [7, 11) is -9.92. The molecular formula is C80H156O17P2. The molecule has 0 heterocycles. The molecule has 0 rings (SSSR count). The van der Waals surface area contributed by atoms with Crippen LogP contribution in [0.1, 0.15) is 414 Å². The van der Waals surface area contributed by atoms with Crippen molar-refractivity contribution in [1.82, 2.24) is 0 Å².